The molecule has 1 aromatic carbocycles. The summed E-state index contributed by atoms with van der Waals surface area (Å²) < 4.78 is 2.70. The van der Waals surface area contributed by atoms with Crippen molar-refractivity contribution >= 4 is 33.5 Å². The first-order valence-electron chi connectivity index (χ1n) is 5.92. The van der Waals surface area contributed by atoms with E-state index in [9.17, 15) is 9.90 Å². The molecule has 0 unspecified atom stereocenters. The molecule has 0 aliphatic carbocycles. The van der Waals surface area contributed by atoms with Crippen LogP contribution in [0.2, 0.25) is 5.02 Å². The summed E-state index contributed by atoms with van der Waals surface area (Å²) in [6.45, 7) is 2.67. The zero-order valence-corrected chi connectivity index (χ0v) is 12.7. The lowest BCUT2D eigenvalue weighted by atomic mass is 10.1. The van der Waals surface area contributed by atoms with Gasteiger partial charge in [-0.2, -0.15) is 0 Å². The van der Waals surface area contributed by atoms with Crippen LogP contribution in [0.3, 0.4) is 0 Å². The number of hydrogen-bond donors (Lipinski definition) is 1. The van der Waals surface area contributed by atoms with E-state index in [1.54, 1.807) is 16.7 Å². The Labute approximate surface area is 124 Å². The quantitative estimate of drug-likeness (QED) is 0.876. The fraction of sp³-hybridized carbons (Fsp3) is 0.214. The zero-order valence-electron chi connectivity index (χ0n) is 10.4. The molecule has 2 aromatic rings. The van der Waals surface area contributed by atoms with Crippen LogP contribution in [0.25, 0.3) is 11.3 Å². The van der Waals surface area contributed by atoms with E-state index in [1.165, 1.54) is 0 Å². The number of nitrogens with zero attached hydrogens (tertiary/aromatic N) is 1. The molecule has 2 rings (SSSR count). The Morgan fingerprint density at radius 2 is 2.11 bits per heavy atom. The minimum atomic E-state index is -0.919. The maximum atomic E-state index is 11.2. The molecule has 100 valence electrons. The van der Waals surface area contributed by atoms with Crippen molar-refractivity contribution in [1.29, 1.82) is 0 Å². The summed E-state index contributed by atoms with van der Waals surface area (Å²) >= 11 is 9.50. The Kier molecular flexibility index (Phi) is 4.32. The number of aromatic nitrogens is 1. The molecule has 19 heavy (non-hydrogen) atoms. The topological polar surface area (TPSA) is 42.2 Å². The van der Waals surface area contributed by atoms with E-state index in [1.807, 2.05) is 25.1 Å². The number of rotatable bonds is 4. The summed E-state index contributed by atoms with van der Waals surface area (Å²) in [5.74, 6) is -0.919. The molecule has 0 saturated heterocycles. The second-order valence-corrected chi connectivity index (χ2v) is 5.48. The standard InChI is InChI=1S/C14H13BrClNO2/c1-2-7-17-12(5-6-13(17)14(18)19)10-8-9(16)3-4-11(10)15/h3-6,8H,2,7H2,1H3,(H,18,19). The first-order valence-corrected chi connectivity index (χ1v) is 7.10. The normalized spacial score (nSPS) is 10.7. The fourth-order valence-electron chi connectivity index (χ4n) is 2.05. The number of hydrogen-bond acceptors (Lipinski definition) is 1. The van der Waals surface area contributed by atoms with Crippen LogP contribution in [0, 0.1) is 0 Å². The number of carboxylic acids is 1. The molecule has 0 atom stereocenters. The monoisotopic (exact) mass is 341 g/mol. The minimum Gasteiger partial charge on any atom is -0.477 e. The first kappa shape index (κ1) is 14.2. The average molecular weight is 343 g/mol. The highest BCUT2D eigenvalue weighted by molar-refractivity contribution is 9.10. The smallest absolute Gasteiger partial charge is 0.352 e. The van der Waals surface area contributed by atoms with Gasteiger partial charge in [0.1, 0.15) is 5.69 Å². The van der Waals surface area contributed by atoms with E-state index < -0.39 is 5.97 Å². The van der Waals surface area contributed by atoms with Gasteiger partial charge in [-0.15, -0.1) is 0 Å². The molecule has 0 fully saturated rings. The third kappa shape index (κ3) is 2.85. The lowest BCUT2D eigenvalue weighted by molar-refractivity contribution is 0.0685. The summed E-state index contributed by atoms with van der Waals surface area (Å²) in [6, 6.07) is 8.93. The fourth-order valence-corrected chi connectivity index (χ4v) is 2.67. The SMILES string of the molecule is CCCn1c(C(=O)O)ccc1-c1cc(Cl)ccc1Br. The third-order valence-electron chi connectivity index (χ3n) is 2.85. The van der Waals surface area contributed by atoms with Crippen molar-refractivity contribution in [3.05, 3.63) is 45.5 Å². The molecular formula is C14H13BrClNO2. The van der Waals surface area contributed by atoms with Crippen LogP contribution in [0.15, 0.2) is 34.8 Å². The van der Waals surface area contributed by atoms with Crippen LogP contribution in [0.1, 0.15) is 23.8 Å². The maximum absolute atomic E-state index is 11.2. The van der Waals surface area contributed by atoms with E-state index in [4.69, 9.17) is 11.6 Å². The molecule has 5 heteroatoms. The molecule has 1 aromatic heterocycles. The summed E-state index contributed by atoms with van der Waals surface area (Å²) in [6.07, 6.45) is 0.861. The number of carboxylic acid groups (broad SMARTS) is 1. The van der Waals surface area contributed by atoms with Crippen molar-refractivity contribution in [2.75, 3.05) is 0 Å². The summed E-state index contributed by atoms with van der Waals surface area (Å²) in [5, 5.41) is 9.84. The van der Waals surface area contributed by atoms with Gasteiger partial charge in [-0.3, -0.25) is 0 Å². The highest BCUT2D eigenvalue weighted by Crippen LogP contribution is 2.32. The van der Waals surface area contributed by atoms with Crippen molar-refractivity contribution in [2.45, 2.75) is 19.9 Å². The van der Waals surface area contributed by atoms with E-state index in [0.29, 0.717) is 17.3 Å². The molecule has 1 heterocycles. The van der Waals surface area contributed by atoms with Gasteiger partial charge in [0.05, 0.1) is 0 Å². The van der Waals surface area contributed by atoms with Gasteiger partial charge in [0.25, 0.3) is 0 Å². The molecule has 0 bridgehead atoms. The Morgan fingerprint density at radius 3 is 2.74 bits per heavy atom. The number of benzene rings is 1. The van der Waals surface area contributed by atoms with Gasteiger partial charge in [-0.05, 0) is 36.8 Å². The van der Waals surface area contributed by atoms with Crippen LogP contribution in [-0.4, -0.2) is 15.6 Å². The Hall–Kier alpha value is -1.26. The second kappa shape index (κ2) is 5.80. The molecule has 3 nitrogen and oxygen atoms in total. The first-order chi connectivity index (χ1) is 9.04. The lowest BCUT2D eigenvalue weighted by Crippen LogP contribution is -2.09. The lowest BCUT2D eigenvalue weighted by Gasteiger charge is -2.12. The minimum absolute atomic E-state index is 0.295. The van der Waals surface area contributed by atoms with E-state index in [2.05, 4.69) is 15.9 Å². The maximum Gasteiger partial charge on any atom is 0.352 e. The van der Waals surface area contributed by atoms with Crippen molar-refractivity contribution in [2.24, 2.45) is 0 Å². The molecule has 0 spiro atoms. The van der Waals surface area contributed by atoms with Gasteiger partial charge in [-0.1, -0.05) is 34.5 Å². The highest BCUT2D eigenvalue weighted by Gasteiger charge is 2.16. The van der Waals surface area contributed by atoms with Gasteiger partial charge < -0.3 is 9.67 Å². The van der Waals surface area contributed by atoms with Gasteiger partial charge in [0.2, 0.25) is 0 Å². The van der Waals surface area contributed by atoms with Gasteiger partial charge >= 0.3 is 5.97 Å². The molecular weight excluding hydrogens is 330 g/mol. The van der Waals surface area contributed by atoms with Crippen molar-refractivity contribution < 1.29 is 9.90 Å². The van der Waals surface area contributed by atoms with E-state index in [0.717, 1.165) is 22.2 Å². The third-order valence-corrected chi connectivity index (χ3v) is 3.78. The molecule has 0 aliphatic heterocycles. The number of carbonyl (C=O) groups is 1. The van der Waals surface area contributed by atoms with Gasteiger partial charge in [0, 0.05) is 27.3 Å². The predicted molar refractivity (Wildman–Crippen MR) is 79.8 cm³/mol. The van der Waals surface area contributed by atoms with Crippen LogP contribution in [0.5, 0.6) is 0 Å². The van der Waals surface area contributed by atoms with E-state index >= 15 is 0 Å². The summed E-state index contributed by atoms with van der Waals surface area (Å²) in [4.78, 5) is 11.2. The van der Waals surface area contributed by atoms with Gasteiger partial charge in [0.15, 0.2) is 0 Å². The predicted octanol–water partition coefficient (Wildman–Crippen LogP) is 4.68. The summed E-state index contributed by atoms with van der Waals surface area (Å²) in [5.41, 5.74) is 2.05. The van der Waals surface area contributed by atoms with Crippen molar-refractivity contribution in [1.82, 2.24) is 4.57 Å². The average Bonchev–Trinajstić information content (AvgIpc) is 2.76. The molecule has 0 amide bonds. The molecule has 0 saturated carbocycles. The zero-order chi connectivity index (χ0) is 14.0. The molecule has 0 radical (unpaired) electrons. The van der Waals surface area contributed by atoms with Gasteiger partial charge in [-0.25, -0.2) is 4.79 Å². The molecule has 1 N–H and O–H groups in total. The largest absolute Gasteiger partial charge is 0.477 e. The summed E-state index contributed by atoms with van der Waals surface area (Å²) in [7, 11) is 0. The Morgan fingerprint density at radius 1 is 1.37 bits per heavy atom. The van der Waals surface area contributed by atoms with Crippen LogP contribution in [0.4, 0.5) is 0 Å². The number of aromatic carboxylic acids is 1. The molecule has 0 aliphatic rings. The number of halogens is 2. The second-order valence-electron chi connectivity index (χ2n) is 4.18. The van der Waals surface area contributed by atoms with Crippen LogP contribution >= 0.6 is 27.5 Å². The highest BCUT2D eigenvalue weighted by atomic mass is 79.9. The van der Waals surface area contributed by atoms with Crippen molar-refractivity contribution in [3.8, 4) is 11.3 Å². The van der Waals surface area contributed by atoms with E-state index in [-0.39, 0.29) is 0 Å². The van der Waals surface area contributed by atoms with Crippen LogP contribution in [-0.2, 0) is 6.54 Å². The Bertz CT molecular complexity index is 622. The van der Waals surface area contributed by atoms with Crippen LogP contribution < -0.4 is 0 Å². The Balaban J connectivity index is 2.61. The van der Waals surface area contributed by atoms with Crippen molar-refractivity contribution in [3.63, 3.8) is 0 Å².